The van der Waals surface area contributed by atoms with Crippen LogP contribution in [0.15, 0.2) is 48.5 Å². The minimum Gasteiger partial charge on any atom is -0.323 e. The number of hydrogen-bond donors (Lipinski definition) is 1. The van der Waals surface area contributed by atoms with Crippen LogP contribution in [-0.4, -0.2) is 18.0 Å². The van der Waals surface area contributed by atoms with E-state index in [-0.39, 0.29) is 12.6 Å². The zero-order valence-electron chi connectivity index (χ0n) is 12.8. The molecule has 0 atom stereocenters. The van der Waals surface area contributed by atoms with Crippen LogP contribution in [0.4, 0.5) is 23.7 Å². The number of nitrogens with one attached hydrogen (secondary N) is 1. The molecule has 6 heteroatoms. The Morgan fingerprint density at radius 1 is 1.04 bits per heavy atom. The number of hydrogen-bond acceptors (Lipinski definition) is 1. The highest BCUT2D eigenvalue weighted by Crippen LogP contribution is 2.29. The molecule has 1 N–H and O–H groups in total. The summed E-state index contributed by atoms with van der Waals surface area (Å²) in [5.41, 5.74) is 1.67. The number of carbonyl (C=O) groups excluding carboxylic acids is 1. The highest BCUT2D eigenvalue weighted by atomic mass is 19.4. The molecule has 2 aromatic rings. The number of carbonyl (C=O) groups is 1. The zero-order chi connectivity index (χ0) is 17.0. The molecule has 0 unspecified atom stereocenters. The van der Waals surface area contributed by atoms with Crippen molar-refractivity contribution >= 4 is 11.7 Å². The lowest BCUT2D eigenvalue weighted by molar-refractivity contribution is -0.137. The van der Waals surface area contributed by atoms with Gasteiger partial charge in [-0.25, -0.2) is 4.79 Å². The van der Waals surface area contributed by atoms with Gasteiger partial charge < -0.3 is 10.2 Å². The largest absolute Gasteiger partial charge is 0.416 e. The van der Waals surface area contributed by atoms with Crippen LogP contribution in [-0.2, 0) is 12.7 Å². The number of halogens is 3. The Bertz CT molecular complexity index is 664. The third-order valence-electron chi connectivity index (χ3n) is 3.35. The smallest absolute Gasteiger partial charge is 0.323 e. The van der Waals surface area contributed by atoms with E-state index in [2.05, 4.69) is 5.32 Å². The van der Waals surface area contributed by atoms with Crippen LogP contribution in [0.5, 0.6) is 0 Å². The first-order valence-electron chi connectivity index (χ1n) is 7.00. The number of amides is 2. The summed E-state index contributed by atoms with van der Waals surface area (Å²) >= 11 is 0. The zero-order valence-corrected chi connectivity index (χ0v) is 12.8. The van der Waals surface area contributed by atoms with E-state index < -0.39 is 11.7 Å². The third-order valence-corrected chi connectivity index (χ3v) is 3.35. The Morgan fingerprint density at radius 2 is 1.61 bits per heavy atom. The summed E-state index contributed by atoms with van der Waals surface area (Å²) in [5, 5.41) is 2.73. The molecule has 2 amide bonds. The number of urea groups is 1. The molecule has 0 spiro atoms. The molecule has 0 heterocycles. The maximum atomic E-state index is 12.5. The van der Waals surface area contributed by atoms with Gasteiger partial charge >= 0.3 is 12.2 Å². The van der Waals surface area contributed by atoms with E-state index in [1.54, 1.807) is 19.2 Å². The number of alkyl halides is 3. The molecule has 0 aliphatic rings. The molecule has 23 heavy (non-hydrogen) atoms. The van der Waals surface area contributed by atoms with Gasteiger partial charge in [0.15, 0.2) is 0 Å². The van der Waals surface area contributed by atoms with Gasteiger partial charge in [-0.3, -0.25) is 0 Å². The number of rotatable bonds is 3. The molecular weight excluding hydrogens is 305 g/mol. The molecule has 0 fully saturated rings. The van der Waals surface area contributed by atoms with Crippen LogP contribution < -0.4 is 5.32 Å². The average molecular weight is 322 g/mol. The highest BCUT2D eigenvalue weighted by Gasteiger charge is 2.29. The van der Waals surface area contributed by atoms with Crippen LogP contribution >= 0.6 is 0 Å². The van der Waals surface area contributed by atoms with Gasteiger partial charge in [0.1, 0.15) is 0 Å². The van der Waals surface area contributed by atoms with Crippen molar-refractivity contribution in [1.29, 1.82) is 0 Å². The first-order valence-corrected chi connectivity index (χ1v) is 7.00. The Hall–Kier alpha value is -2.50. The summed E-state index contributed by atoms with van der Waals surface area (Å²) in [7, 11) is 1.58. The Morgan fingerprint density at radius 3 is 2.13 bits per heavy atom. The van der Waals surface area contributed by atoms with Crippen LogP contribution in [0, 0.1) is 6.92 Å². The molecule has 0 aliphatic carbocycles. The summed E-state index contributed by atoms with van der Waals surface area (Å²) in [4.78, 5) is 13.5. The molecule has 3 nitrogen and oxygen atoms in total. The first-order chi connectivity index (χ1) is 10.8. The number of anilines is 1. The van der Waals surface area contributed by atoms with Gasteiger partial charge in [-0.2, -0.15) is 13.2 Å². The molecule has 0 aromatic heterocycles. The van der Waals surface area contributed by atoms with Gasteiger partial charge in [-0.05, 0) is 36.8 Å². The Balaban J connectivity index is 1.96. The van der Waals surface area contributed by atoms with Crippen LogP contribution in [0.3, 0.4) is 0 Å². The van der Waals surface area contributed by atoms with E-state index in [0.717, 1.165) is 17.7 Å². The van der Waals surface area contributed by atoms with E-state index in [4.69, 9.17) is 0 Å². The Labute approximate surface area is 132 Å². The molecule has 0 saturated carbocycles. The molecule has 0 radical (unpaired) electrons. The van der Waals surface area contributed by atoms with Crippen LogP contribution in [0.1, 0.15) is 16.7 Å². The molecular formula is C17H17F3N2O. The lowest BCUT2D eigenvalue weighted by Gasteiger charge is -2.18. The normalized spacial score (nSPS) is 11.2. The van der Waals surface area contributed by atoms with E-state index in [1.165, 1.54) is 17.0 Å². The summed E-state index contributed by atoms with van der Waals surface area (Å²) in [5.74, 6) is 0. The van der Waals surface area contributed by atoms with Gasteiger partial charge in [0.2, 0.25) is 0 Å². The fraction of sp³-hybridized carbons (Fsp3) is 0.235. The molecule has 0 saturated heterocycles. The number of benzene rings is 2. The van der Waals surface area contributed by atoms with Gasteiger partial charge in [0.25, 0.3) is 0 Å². The second-order valence-corrected chi connectivity index (χ2v) is 5.35. The third kappa shape index (κ3) is 4.74. The van der Waals surface area contributed by atoms with Crippen molar-refractivity contribution in [2.24, 2.45) is 0 Å². The second-order valence-electron chi connectivity index (χ2n) is 5.35. The van der Waals surface area contributed by atoms with E-state index in [9.17, 15) is 18.0 Å². The van der Waals surface area contributed by atoms with Gasteiger partial charge in [-0.15, -0.1) is 0 Å². The van der Waals surface area contributed by atoms with Gasteiger partial charge in [0.05, 0.1) is 5.56 Å². The minimum absolute atomic E-state index is 0.218. The molecule has 122 valence electrons. The maximum absolute atomic E-state index is 12.5. The van der Waals surface area contributed by atoms with Crippen LogP contribution in [0.2, 0.25) is 0 Å². The number of nitrogens with zero attached hydrogens (tertiary/aromatic N) is 1. The number of aryl methyl sites for hydroxylation is 1. The highest BCUT2D eigenvalue weighted by molar-refractivity contribution is 5.89. The molecule has 2 aromatic carbocycles. The second kappa shape index (κ2) is 6.73. The summed E-state index contributed by atoms with van der Waals surface area (Å²) in [6.07, 6.45) is -4.35. The SMILES string of the molecule is Cc1ccc(NC(=O)N(C)Cc2ccc(C(F)(F)F)cc2)cc1. The van der Waals surface area contributed by atoms with Crippen molar-refractivity contribution in [3.8, 4) is 0 Å². The molecule has 0 bridgehead atoms. The Kier molecular flexibility index (Phi) is 4.93. The van der Waals surface area contributed by atoms with Gasteiger partial charge in [0, 0.05) is 19.3 Å². The predicted octanol–water partition coefficient (Wildman–Crippen LogP) is 4.68. The lowest BCUT2D eigenvalue weighted by atomic mass is 10.1. The average Bonchev–Trinajstić information content (AvgIpc) is 2.49. The van der Waals surface area contributed by atoms with Crippen molar-refractivity contribution in [3.05, 3.63) is 65.2 Å². The topological polar surface area (TPSA) is 32.3 Å². The summed E-state index contributed by atoms with van der Waals surface area (Å²) in [6, 6.07) is 11.8. The van der Waals surface area contributed by atoms with Crippen molar-refractivity contribution in [2.75, 3.05) is 12.4 Å². The standard InChI is InChI=1S/C17H17F3N2O/c1-12-3-9-15(10-4-12)21-16(23)22(2)11-13-5-7-14(8-6-13)17(18,19)20/h3-10H,11H2,1-2H3,(H,21,23). The van der Waals surface area contributed by atoms with Crippen LogP contribution in [0.25, 0.3) is 0 Å². The van der Waals surface area contributed by atoms with E-state index in [0.29, 0.717) is 11.3 Å². The van der Waals surface area contributed by atoms with Crippen molar-refractivity contribution in [3.63, 3.8) is 0 Å². The van der Waals surface area contributed by atoms with Gasteiger partial charge in [-0.1, -0.05) is 29.8 Å². The van der Waals surface area contributed by atoms with Crippen molar-refractivity contribution in [2.45, 2.75) is 19.6 Å². The molecule has 2 rings (SSSR count). The fourth-order valence-electron chi connectivity index (χ4n) is 2.00. The van der Waals surface area contributed by atoms with E-state index >= 15 is 0 Å². The first kappa shape index (κ1) is 16.9. The van der Waals surface area contributed by atoms with Crippen molar-refractivity contribution in [1.82, 2.24) is 4.90 Å². The van der Waals surface area contributed by atoms with Crippen molar-refractivity contribution < 1.29 is 18.0 Å². The van der Waals surface area contributed by atoms with E-state index in [1.807, 2.05) is 19.1 Å². The maximum Gasteiger partial charge on any atom is 0.416 e. The minimum atomic E-state index is -4.35. The lowest BCUT2D eigenvalue weighted by Crippen LogP contribution is -2.30. The quantitative estimate of drug-likeness (QED) is 0.874. The monoisotopic (exact) mass is 322 g/mol. The predicted molar refractivity (Wildman–Crippen MR) is 83.1 cm³/mol. The fourth-order valence-corrected chi connectivity index (χ4v) is 2.00. The molecule has 0 aliphatic heterocycles. The summed E-state index contributed by atoms with van der Waals surface area (Å²) < 4.78 is 37.5. The summed E-state index contributed by atoms with van der Waals surface area (Å²) in [6.45, 7) is 2.16.